The van der Waals surface area contributed by atoms with Crippen molar-refractivity contribution in [2.24, 2.45) is 7.05 Å². The lowest BCUT2D eigenvalue weighted by Crippen LogP contribution is -2.25. The second kappa shape index (κ2) is 11.8. The van der Waals surface area contributed by atoms with Crippen LogP contribution in [0, 0.1) is 5.82 Å². The van der Waals surface area contributed by atoms with Crippen LogP contribution < -0.4 is 15.4 Å². The van der Waals surface area contributed by atoms with Gasteiger partial charge in [-0.3, -0.25) is 9.59 Å². The molecule has 0 aliphatic rings. The van der Waals surface area contributed by atoms with Crippen LogP contribution in [0.25, 0.3) is 0 Å². The van der Waals surface area contributed by atoms with E-state index < -0.39 is 0 Å². The predicted molar refractivity (Wildman–Crippen MR) is 120 cm³/mol. The number of thioether (sulfide) groups is 1. The lowest BCUT2D eigenvalue weighted by atomic mass is 10.2. The number of aryl methyl sites for hydroxylation is 1. The van der Waals surface area contributed by atoms with E-state index in [0.29, 0.717) is 35.3 Å². The lowest BCUT2D eigenvalue weighted by Gasteiger charge is -2.09. The maximum atomic E-state index is 12.9. The third-order valence-corrected chi connectivity index (χ3v) is 5.38. The Kier molecular flexibility index (Phi) is 8.61. The molecule has 0 saturated carbocycles. The highest BCUT2D eigenvalue weighted by Crippen LogP contribution is 2.15. The summed E-state index contributed by atoms with van der Waals surface area (Å²) in [6, 6.07) is 12.6. The molecule has 2 N–H and O–H groups in total. The van der Waals surface area contributed by atoms with E-state index in [4.69, 9.17) is 4.74 Å². The van der Waals surface area contributed by atoms with Gasteiger partial charge in [-0.05, 0) is 55.3 Å². The van der Waals surface area contributed by atoms with E-state index in [1.54, 1.807) is 54.3 Å². The van der Waals surface area contributed by atoms with Gasteiger partial charge in [0.1, 0.15) is 17.9 Å². The van der Waals surface area contributed by atoms with Crippen LogP contribution in [0.15, 0.2) is 60.0 Å². The fourth-order valence-electron chi connectivity index (χ4n) is 2.72. The normalized spacial score (nSPS) is 10.6. The van der Waals surface area contributed by atoms with Crippen LogP contribution in [0.5, 0.6) is 5.75 Å². The summed E-state index contributed by atoms with van der Waals surface area (Å²) in [4.78, 5) is 24.5. The fourth-order valence-corrected chi connectivity index (χ4v) is 3.41. The molecule has 0 aliphatic carbocycles. The minimum Gasteiger partial charge on any atom is -0.494 e. The van der Waals surface area contributed by atoms with Crippen LogP contribution in [0.3, 0.4) is 0 Å². The Labute approximate surface area is 189 Å². The number of anilines is 1. The van der Waals surface area contributed by atoms with E-state index in [0.717, 1.165) is 12.8 Å². The molecule has 2 aromatic carbocycles. The van der Waals surface area contributed by atoms with Crippen LogP contribution in [0.4, 0.5) is 10.1 Å². The van der Waals surface area contributed by atoms with E-state index in [1.165, 1.54) is 23.9 Å². The van der Waals surface area contributed by atoms with Gasteiger partial charge in [0.05, 0.1) is 12.4 Å². The van der Waals surface area contributed by atoms with Gasteiger partial charge in [-0.25, -0.2) is 4.39 Å². The molecule has 2 amide bonds. The highest BCUT2D eigenvalue weighted by molar-refractivity contribution is 7.99. The molecule has 3 aromatic rings. The molecule has 0 saturated heterocycles. The van der Waals surface area contributed by atoms with Gasteiger partial charge >= 0.3 is 0 Å². The third-order valence-electron chi connectivity index (χ3n) is 4.35. The summed E-state index contributed by atoms with van der Waals surface area (Å²) in [5.41, 5.74) is 1.01. The summed E-state index contributed by atoms with van der Waals surface area (Å²) in [5.74, 6) is 0.0858. The number of amides is 2. The highest BCUT2D eigenvalue weighted by Gasteiger charge is 2.10. The van der Waals surface area contributed by atoms with E-state index >= 15 is 0 Å². The average Bonchev–Trinajstić information content (AvgIpc) is 3.20. The van der Waals surface area contributed by atoms with Crippen LogP contribution >= 0.6 is 11.8 Å². The predicted octanol–water partition coefficient (Wildman–Crippen LogP) is 3.27. The molecular weight excluding hydrogens is 433 g/mol. The second-order valence-electron chi connectivity index (χ2n) is 6.91. The highest BCUT2D eigenvalue weighted by atomic mass is 32.2. The smallest absolute Gasteiger partial charge is 0.251 e. The zero-order valence-electron chi connectivity index (χ0n) is 17.6. The molecule has 8 nitrogen and oxygen atoms in total. The van der Waals surface area contributed by atoms with Crippen molar-refractivity contribution in [1.29, 1.82) is 0 Å². The Morgan fingerprint density at radius 2 is 1.97 bits per heavy atom. The number of carbonyl (C=O) groups excluding carboxylic acids is 2. The molecule has 1 aromatic heterocycles. The van der Waals surface area contributed by atoms with E-state index in [-0.39, 0.29) is 23.4 Å². The van der Waals surface area contributed by atoms with Gasteiger partial charge in [-0.1, -0.05) is 17.8 Å². The molecule has 168 valence electrons. The van der Waals surface area contributed by atoms with Crippen LogP contribution in [-0.4, -0.2) is 45.5 Å². The molecular formula is C22H24FN5O3S. The summed E-state index contributed by atoms with van der Waals surface area (Å²) in [6.07, 6.45) is 3.06. The number of unbranched alkanes of at least 4 members (excludes halogenated alkanes) is 1. The molecule has 0 fully saturated rings. The number of halogens is 1. The Bertz CT molecular complexity index is 1040. The molecule has 32 heavy (non-hydrogen) atoms. The van der Waals surface area contributed by atoms with Crippen molar-refractivity contribution >= 4 is 29.3 Å². The summed E-state index contributed by atoms with van der Waals surface area (Å²) < 4.78 is 20.1. The Morgan fingerprint density at radius 1 is 1.16 bits per heavy atom. The number of ether oxygens (including phenoxy) is 1. The Morgan fingerprint density at radius 3 is 2.72 bits per heavy atom. The van der Waals surface area contributed by atoms with Gasteiger partial charge in [0.2, 0.25) is 5.91 Å². The largest absolute Gasteiger partial charge is 0.494 e. The lowest BCUT2D eigenvalue weighted by molar-refractivity contribution is -0.113. The number of aromatic nitrogens is 3. The zero-order valence-corrected chi connectivity index (χ0v) is 18.4. The van der Waals surface area contributed by atoms with Gasteiger partial charge in [-0.15, -0.1) is 10.2 Å². The van der Waals surface area contributed by atoms with Crippen LogP contribution in [0.2, 0.25) is 0 Å². The van der Waals surface area contributed by atoms with Gasteiger partial charge in [-0.2, -0.15) is 0 Å². The first-order valence-corrected chi connectivity index (χ1v) is 11.0. The number of hydrogen-bond donors (Lipinski definition) is 2. The molecule has 3 rings (SSSR count). The van der Waals surface area contributed by atoms with Crippen molar-refractivity contribution < 1.29 is 18.7 Å². The average molecular weight is 458 g/mol. The quantitative estimate of drug-likeness (QED) is 0.339. The molecule has 0 unspecified atom stereocenters. The Hall–Kier alpha value is -3.40. The second-order valence-corrected chi connectivity index (χ2v) is 7.85. The molecule has 0 radical (unpaired) electrons. The zero-order chi connectivity index (χ0) is 22.8. The third kappa shape index (κ3) is 7.38. The monoisotopic (exact) mass is 457 g/mol. The molecule has 0 spiro atoms. The fraction of sp³-hybridized carbons (Fsp3) is 0.273. The van der Waals surface area contributed by atoms with Crippen molar-refractivity contribution in [3.8, 4) is 5.75 Å². The van der Waals surface area contributed by atoms with Gasteiger partial charge in [0.25, 0.3) is 5.91 Å². The topological polar surface area (TPSA) is 98.1 Å². The van der Waals surface area contributed by atoms with E-state index in [2.05, 4.69) is 20.8 Å². The first-order valence-electron chi connectivity index (χ1n) is 10.0. The summed E-state index contributed by atoms with van der Waals surface area (Å²) in [7, 11) is 1.81. The summed E-state index contributed by atoms with van der Waals surface area (Å²) in [6.45, 7) is 0.978. The van der Waals surface area contributed by atoms with Gasteiger partial charge < -0.3 is 19.9 Å². The molecule has 0 bridgehead atoms. The van der Waals surface area contributed by atoms with Crippen molar-refractivity contribution in [2.75, 3.05) is 24.2 Å². The standard InChI is InChI=1S/C22H24FN5O3S/c1-28-15-25-27-22(28)32-14-20(29)26-18-6-4-5-16(13-18)21(30)24-11-2-3-12-31-19-9-7-17(23)8-10-19/h4-10,13,15H,2-3,11-12,14H2,1H3,(H,24,30)(H,26,29). The maximum Gasteiger partial charge on any atom is 0.251 e. The number of benzene rings is 2. The number of carbonyl (C=O) groups is 2. The van der Waals surface area contributed by atoms with Gasteiger partial charge in [0.15, 0.2) is 5.16 Å². The van der Waals surface area contributed by atoms with Crippen LogP contribution in [0.1, 0.15) is 23.2 Å². The van der Waals surface area contributed by atoms with Crippen molar-refractivity contribution in [3.63, 3.8) is 0 Å². The molecule has 10 heteroatoms. The minimum absolute atomic E-state index is 0.183. The summed E-state index contributed by atoms with van der Waals surface area (Å²) in [5, 5.41) is 14.0. The van der Waals surface area contributed by atoms with E-state index in [9.17, 15) is 14.0 Å². The van der Waals surface area contributed by atoms with Crippen LogP contribution in [-0.2, 0) is 11.8 Å². The number of nitrogens with zero attached hydrogens (tertiary/aromatic N) is 3. The van der Waals surface area contributed by atoms with Gasteiger partial charge in [0, 0.05) is 24.8 Å². The van der Waals surface area contributed by atoms with Crippen molar-refractivity contribution in [3.05, 3.63) is 66.2 Å². The molecule has 0 aliphatic heterocycles. The Balaban J connectivity index is 1.36. The molecule has 0 atom stereocenters. The first-order chi connectivity index (χ1) is 15.5. The van der Waals surface area contributed by atoms with Crippen molar-refractivity contribution in [2.45, 2.75) is 18.0 Å². The SMILES string of the molecule is Cn1cnnc1SCC(=O)Nc1cccc(C(=O)NCCCCOc2ccc(F)cc2)c1. The minimum atomic E-state index is -0.301. The molecule has 1 heterocycles. The number of hydrogen-bond acceptors (Lipinski definition) is 6. The van der Waals surface area contributed by atoms with E-state index in [1.807, 2.05) is 0 Å². The maximum absolute atomic E-state index is 12.9. The first kappa shape index (κ1) is 23.3. The van der Waals surface area contributed by atoms with Crippen molar-refractivity contribution in [1.82, 2.24) is 20.1 Å². The number of nitrogens with one attached hydrogen (secondary N) is 2. The number of rotatable bonds is 11. The summed E-state index contributed by atoms with van der Waals surface area (Å²) >= 11 is 1.28.